The van der Waals surface area contributed by atoms with Crippen molar-refractivity contribution in [3.63, 3.8) is 0 Å². The molecule has 0 spiro atoms. The van der Waals surface area contributed by atoms with Gasteiger partial charge >= 0.3 is 0 Å². The molecule has 5 heteroatoms. The van der Waals surface area contributed by atoms with Gasteiger partial charge in [-0.25, -0.2) is 0 Å². The van der Waals surface area contributed by atoms with Gasteiger partial charge in [0.25, 0.3) is 5.89 Å². The Hall–Kier alpha value is -1.80. The van der Waals surface area contributed by atoms with Crippen LogP contribution in [0.4, 0.5) is 0 Å². The van der Waals surface area contributed by atoms with Gasteiger partial charge < -0.3 is 4.52 Å². The van der Waals surface area contributed by atoms with Gasteiger partial charge in [0.05, 0.1) is 18.2 Å². The third-order valence-corrected chi connectivity index (χ3v) is 4.03. The van der Waals surface area contributed by atoms with E-state index in [1.54, 1.807) is 11.8 Å². The summed E-state index contributed by atoms with van der Waals surface area (Å²) >= 11 is 1.80. The molecule has 0 saturated carbocycles. The Morgan fingerprint density at radius 1 is 1.35 bits per heavy atom. The maximum Gasteiger partial charge on any atom is 0.258 e. The molecule has 2 aromatic rings. The van der Waals surface area contributed by atoms with Crippen molar-refractivity contribution in [3.05, 3.63) is 35.7 Å². The molecule has 0 aliphatic heterocycles. The molecule has 1 heterocycles. The molecule has 2 rings (SSSR count). The van der Waals surface area contributed by atoms with Gasteiger partial charge in [0, 0.05) is 5.56 Å². The lowest BCUT2D eigenvalue weighted by Gasteiger charge is -2.01. The standard InChI is InChI=1S/C15H17N3OS/c1-11(2)9-20-10-14-17-15(19-18-14)13-6-4-3-5-12(13)7-8-16/h3-6,11H,7,9-10H2,1-2H3. The molecule has 0 amide bonds. The Morgan fingerprint density at radius 2 is 2.15 bits per heavy atom. The lowest BCUT2D eigenvalue weighted by atomic mass is 10.1. The van der Waals surface area contributed by atoms with Crippen LogP contribution in [0, 0.1) is 17.2 Å². The number of rotatable bonds is 6. The van der Waals surface area contributed by atoms with Crippen molar-refractivity contribution in [2.45, 2.75) is 26.0 Å². The topological polar surface area (TPSA) is 62.7 Å². The number of hydrogen-bond acceptors (Lipinski definition) is 5. The molecule has 0 atom stereocenters. The van der Waals surface area contributed by atoms with E-state index in [2.05, 4.69) is 30.1 Å². The average Bonchev–Trinajstić information content (AvgIpc) is 2.88. The van der Waals surface area contributed by atoms with Crippen LogP contribution in [-0.4, -0.2) is 15.9 Å². The summed E-state index contributed by atoms with van der Waals surface area (Å²) in [6.07, 6.45) is 0.343. The van der Waals surface area contributed by atoms with E-state index in [0.29, 0.717) is 24.1 Å². The van der Waals surface area contributed by atoms with Crippen LogP contribution in [0.15, 0.2) is 28.8 Å². The van der Waals surface area contributed by atoms with Crippen LogP contribution in [-0.2, 0) is 12.2 Å². The fraction of sp³-hybridized carbons (Fsp3) is 0.400. The maximum absolute atomic E-state index is 8.84. The van der Waals surface area contributed by atoms with E-state index < -0.39 is 0 Å². The highest BCUT2D eigenvalue weighted by Gasteiger charge is 2.12. The first-order chi connectivity index (χ1) is 9.70. The van der Waals surface area contributed by atoms with Gasteiger partial charge in [-0.3, -0.25) is 0 Å². The highest BCUT2D eigenvalue weighted by atomic mass is 32.2. The molecule has 20 heavy (non-hydrogen) atoms. The molecule has 0 fully saturated rings. The molecule has 0 unspecified atom stereocenters. The van der Waals surface area contributed by atoms with Gasteiger partial charge in [-0.2, -0.15) is 22.0 Å². The molecule has 104 valence electrons. The van der Waals surface area contributed by atoms with Gasteiger partial charge in [0.2, 0.25) is 0 Å². The maximum atomic E-state index is 8.84. The van der Waals surface area contributed by atoms with Crippen molar-refractivity contribution in [3.8, 4) is 17.5 Å². The predicted molar refractivity (Wildman–Crippen MR) is 80.1 cm³/mol. The third-order valence-electron chi connectivity index (χ3n) is 2.67. The molecule has 1 aromatic heterocycles. The minimum atomic E-state index is 0.343. The average molecular weight is 287 g/mol. The Bertz CT molecular complexity index is 601. The smallest absolute Gasteiger partial charge is 0.258 e. The van der Waals surface area contributed by atoms with E-state index in [1.807, 2.05) is 24.3 Å². The predicted octanol–water partition coefficient (Wildman–Crippen LogP) is 3.69. The first-order valence-electron chi connectivity index (χ1n) is 6.56. The Labute approximate surface area is 123 Å². The van der Waals surface area contributed by atoms with Gasteiger partial charge in [-0.1, -0.05) is 37.2 Å². The van der Waals surface area contributed by atoms with Crippen molar-refractivity contribution in [1.82, 2.24) is 10.1 Å². The van der Waals surface area contributed by atoms with Crippen LogP contribution < -0.4 is 0 Å². The number of nitrogens with zero attached hydrogens (tertiary/aromatic N) is 3. The minimum Gasteiger partial charge on any atom is -0.334 e. The molecule has 1 aromatic carbocycles. The number of aromatic nitrogens is 2. The molecule has 0 bridgehead atoms. The summed E-state index contributed by atoms with van der Waals surface area (Å²) in [4.78, 5) is 4.41. The Kier molecular flexibility index (Phi) is 5.19. The Balaban J connectivity index is 2.11. The summed E-state index contributed by atoms with van der Waals surface area (Å²) in [5.74, 6) is 3.69. The van der Waals surface area contributed by atoms with Crippen molar-refractivity contribution >= 4 is 11.8 Å². The fourth-order valence-corrected chi connectivity index (χ4v) is 2.67. The van der Waals surface area contributed by atoms with Gasteiger partial charge in [-0.05, 0) is 23.3 Å². The molecular formula is C15H17N3OS. The van der Waals surface area contributed by atoms with Crippen molar-refractivity contribution in [2.24, 2.45) is 5.92 Å². The fourth-order valence-electron chi connectivity index (χ4n) is 1.78. The van der Waals surface area contributed by atoms with Crippen LogP contribution in [0.5, 0.6) is 0 Å². The van der Waals surface area contributed by atoms with Gasteiger partial charge in [0.15, 0.2) is 5.82 Å². The monoisotopic (exact) mass is 287 g/mol. The normalized spacial score (nSPS) is 10.7. The summed E-state index contributed by atoms with van der Waals surface area (Å²) < 4.78 is 5.31. The highest BCUT2D eigenvalue weighted by Crippen LogP contribution is 2.23. The number of hydrogen-bond donors (Lipinski definition) is 0. The number of thioether (sulfide) groups is 1. The lowest BCUT2D eigenvalue weighted by Crippen LogP contribution is -1.93. The Morgan fingerprint density at radius 3 is 2.90 bits per heavy atom. The zero-order chi connectivity index (χ0) is 14.4. The van der Waals surface area contributed by atoms with E-state index in [-0.39, 0.29) is 0 Å². The van der Waals surface area contributed by atoms with Crippen LogP contribution in [0.2, 0.25) is 0 Å². The summed E-state index contributed by atoms with van der Waals surface area (Å²) in [5, 5.41) is 12.8. The van der Waals surface area contributed by atoms with Crippen LogP contribution >= 0.6 is 11.8 Å². The van der Waals surface area contributed by atoms with E-state index in [9.17, 15) is 0 Å². The number of nitriles is 1. The van der Waals surface area contributed by atoms with Crippen molar-refractivity contribution in [2.75, 3.05) is 5.75 Å². The summed E-state index contributed by atoms with van der Waals surface area (Å²) in [6.45, 7) is 4.37. The minimum absolute atomic E-state index is 0.343. The summed E-state index contributed by atoms with van der Waals surface area (Å²) in [7, 11) is 0. The van der Waals surface area contributed by atoms with Crippen LogP contribution in [0.25, 0.3) is 11.5 Å². The van der Waals surface area contributed by atoms with Crippen molar-refractivity contribution in [1.29, 1.82) is 5.26 Å². The third kappa shape index (κ3) is 3.84. The largest absolute Gasteiger partial charge is 0.334 e. The second-order valence-corrected chi connectivity index (χ2v) is 5.95. The first kappa shape index (κ1) is 14.6. The van der Waals surface area contributed by atoms with E-state index in [0.717, 1.165) is 22.6 Å². The second-order valence-electron chi connectivity index (χ2n) is 4.92. The van der Waals surface area contributed by atoms with Crippen molar-refractivity contribution < 1.29 is 4.52 Å². The van der Waals surface area contributed by atoms with E-state index >= 15 is 0 Å². The highest BCUT2D eigenvalue weighted by molar-refractivity contribution is 7.98. The second kappa shape index (κ2) is 7.11. The molecular weight excluding hydrogens is 270 g/mol. The molecule has 0 saturated heterocycles. The molecule has 0 radical (unpaired) electrons. The van der Waals surface area contributed by atoms with Gasteiger partial charge in [0.1, 0.15) is 0 Å². The lowest BCUT2D eigenvalue weighted by molar-refractivity contribution is 0.425. The van der Waals surface area contributed by atoms with Crippen LogP contribution in [0.3, 0.4) is 0 Å². The summed E-state index contributed by atoms with van der Waals surface area (Å²) in [6, 6.07) is 9.79. The zero-order valence-electron chi connectivity index (χ0n) is 11.7. The molecule has 0 aliphatic rings. The van der Waals surface area contributed by atoms with Crippen LogP contribution in [0.1, 0.15) is 25.2 Å². The molecule has 0 aliphatic carbocycles. The zero-order valence-corrected chi connectivity index (χ0v) is 12.5. The van der Waals surface area contributed by atoms with Gasteiger partial charge in [-0.15, -0.1) is 0 Å². The quantitative estimate of drug-likeness (QED) is 0.810. The molecule has 4 nitrogen and oxygen atoms in total. The summed E-state index contributed by atoms with van der Waals surface area (Å²) in [5.41, 5.74) is 1.77. The first-order valence-corrected chi connectivity index (χ1v) is 7.71. The van der Waals surface area contributed by atoms with E-state index in [1.165, 1.54) is 0 Å². The number of benzene rings is 1. The molecule has 0 N–H and O–H groups in total. The SMILES string of the molecule is CC(C)CSCc1noc(-c2ccccc2CC#N)n1. The van der Waals surface area contributed by atoms with E-state index in [4.69, 9.17) is 9.78 Å².